The fraction of sp³-hybridized carbons (Fsp3) is 0.583. The number of carbonyl (C=O) groups excluding carboxylic acids is 2. The minimum Gasteiger partial charge on any atom is -0.449 e. The lowest BCUT2D eigenvalue weighted by Gasteiger charge is -2.45. The van der Waals surface area contributed by atoms with Crippen LogP contribution in [0.2, 0.25) is 0 Å². The third-order valence-electron chi connectivity index (χ3n) is 7.20. The fourth-order valence-corrected chi connectivity index (χ4v) is 5.40. The van der Waals surface area contributed by atoms with Gasteiger partial charge in [-0.2, -0.15) is 0 Å². The molecule has 0 atom stereocenters. The lowest BCUT2D eigenvalue weighted by Crippen LogP contribution is -2.52. The van der Waals surface area contributed by atoms with Crippen molar-refractivity contribution < 1.29 is 18.7 Å². The molecule has 1 aromatic rings. The highest BCUT2D eigenvalue weighted by Crippen LogP contribution is 2.47. The van der Waals surface area contributed by atoms with Crippen LogP contribution in [0, 0.1) is 5.82 Å². The summed E-state index contributed by atoms with van der Waals surface area (Å²) in [4.78, 5) is 30.4. The van der Waals surface area contributed by atoms with E-state index in [4.69, 9.17) is 4.74 Å². The molecule has 0 N–H and O–H groups in total. The molecule has 0 bridgehead atoms. The molecule has 3 aliphatic rings. The largest absolute Gasteiger partial charge is 0.449 e. The summed E-state index contributed by atoms with van der Waals surface area (Å²) < 4.78 is 19.3. The van der Waals surface area contributed by atoms with E-state index in [9.17, 15) is 14.0 Å². The Balaban J connectivity index is 1.35. The third kappa shape index (κ3) is 4.33. The maximum atomic E-state index is 14.0. The van der Waals surface area contributed by atoms with Gasteiger partial charge in [0.25, 0.3) is 0 Å². The van der Waals surface area contributed by atoms with Crippen LogP contribution in [0.4, 0.5) is 14.9 Å². The van der Waals surface area contributed by atoms with Crippen LogP contribution in [0.1, 0.15) is 44.6 Å². The predicted octanol–water partition coefficient (Wildman–Crippen LogP) is 3.70. The summed E-state index contributed by atoms with van der Waals surface area (Å²) in [5.74, 6) is -0.224. The molecule has 2 saturated heterocycles. The molecule has 0 saturated carbocycles. The summed E-state index contributed by atoms with van der Waals surface area (Å²) in [6, 6.07) is 5.27. The van der Waals surface area contributed by atoms with Crippen molar-refractivity contribution in [3.8, 4) is 0 Å². The van der Waals surface area contributed by atoms with Gasteiger partial charge in [-0.25, -0.2) is 9.18 Å². The molecule has 6 nitrogen and oxygen atoms in total. The highest BCUT2D eigenvalue weighted by molar-refractivity contribution is 5.94. The normalized spacial score (nSPS) is 21.2. The number of piperidine rings is 2. The van der Waals surface area contributed by atoms with Crippen molar-refractivity contribution in [2.24, 2.45) is 0 Å². The van der Waals surface area contributed by atoms with E-state index in [0.29, 0.717) is 38.7 Å². The van der Waals surface area contributed by atoms with Crippen molar-refractivity contribution in [1.29, 1.82) is 0 Å². The summed E-state index contributed by atoms with van der Waals surface area (Å²) in [6.07, 6.45) is 5.89. The van der Waals surface area contributed by atoms with Gasteiger partial charge in [0.1, 0.15) is 5.82 Å². The molecule has 1 aromatic carbocycles. The topological polar surface area (TPSA) is 53.1 Å². The van der Waals surface area contributed by atoms with Crippen LogP contribution in [-0.4, -0.2) is 67.2 Å². The van der Waals surface area contributed by atoms with Gasteiger partial charge in [-0.3, -0.25) is 4.79 Å². The number of rotatable bonds is 4. The number of anilines is 1. The van der Waals surface area contributed by atoms with Crippen molar-refractivity contribution in [2.45, 2.75) is 50.5 Å². The Morgan fingerprint density at radius 2 is 1.94 bits per heavy atom. The third-order valence-corrected chi connectivity index (χ3v) is 7.20. The van der Waals surface area contributed by atoms with Crippen molar-refractivity contribution >= 4 is 17.7 Å². The number of halogens is 1. The van der Waals surface area contributed by atoms with Gasteiger partial charge in [-0.05, 0) is 69.0 Å². The first kappa shape index (κ1) is 21.8. The van der Waals surface area contributed by atoms with Gasteiger partial charge in [0.15, 0.2) is 0 Å². The molecule has 2 amide bonds. The smallest absolute Gasteiger partial charge is 0.409 e. The van der Waals surface area contributed by atoms with Gasteiger partial charge in [0, 0.05) is 43.7 Å². The predicted molar refractivity (Wildman–Crippen MR) is 118 cm³/mol. The van der Waals surface area contributed by atoms with Gasteiger partial charge in [0.2, 0.25) is 5.91 Å². The van der Waals surface area contributed by atoms with Gasteiger partial charge < -0.3 is 19.4 Å². The molecule has 0 unspecified atom stereocenters. The lowest BCUT2D eigenvalue weighted by atomic mass is 9.74. The number of ether oxygens (including phenoxy) is 1. The van der Waals surface area contributed by atoms with E-state index in [-0.39, 0.29) is 23.2 Å². The van der Waals surface area contributed by atoms with Crippen molar-refractivity contribution in [3.63, 3.8) is 0 Å². The molecule has 1 spiro atoms. The Labute approximate surface area is 183 Å². The monoisotopic (exact) mass is 429 g/mol. The second-order valence-corrected chi connectivity index (χ2v) is 8.99. The molecular weight excluding hydrogens is 397 g/mol. The quantitative estimate of drug-likeness (QED) is 0.541. The highest BCUT2D eigenvalue weighted by Gasteiger charge is 2.46. The summed E-state index contributed by atoms with van der Waals surface area (Å²) in [7, 11) is 0. The molecule has 4 rings (SSSR count). The molecule has 2 fully saturated rings. The van der Waals surface area contributed by atoms with Gasteiger partial charge in [0.05, 0.1) is 6.61 Å². The van der Waals surface area contributed by atoms with Crippen molar-refractivity contribution in [1.82, 2.24) is 9.80 Å². The SMILES string of the molecule is C=CCCOC(=O)N1CCC(N2CCC3(CC2)CN(C(C)=O)c2ccc(F)cc23)CC1. The van der Waals surface area contributed by atoms with E-state index in [1.807, 2.05) is 0 Å². The Morgan fingerprint density at radius 1 is 1.23 bits per heavy atom. The van der Waals surface area contributed by atoms with Crippen LogP contribution in [0.25, 0.3) is 0 Å². The number of benzene rings is 1. The molecule has 0 aromatic heterocycles. The number of amides is 2. The number of hydrogen-bond donors (Lipinski definition) is 0. The van der Waals surface area contributed by atoms with Crippen LogP contribution >= 0.6 is 0 Å². The zero-order valence-corrected chi connectivity index (χ0v) is 18.3. The van der Waals surface area contributed by atoms with E-state index in [1.165, 1.54) is 6.07 Å². The maximum Gasteiger partial charge on any atom is 0.409 e. The van der Waals surface area contributed by atoms with Crippen LogP contribution in [0.15, 0.2) is 30.9 Å². The summed E-state index contributed by atoms with van der Waals surface area (Å²) in [5.41, 5.74) is 1.69. The van der Waals surface area contributed by atoms with Crippen molar-refractivity contribution in [2.75, 3.05) is 44.2 Å². The Kier molecular flexibility index (Phi) is 6.32. The van der Waals surface area contributed by atoms with Crippen LogP contribution in [-0.2, 0) is 14.9 Å². The second kappa shape index (κ2) is 8.99. The summed E-state index contributed by atoms with van der Waals surface area (Å²) >= 11 is 0. The minimum absolute atomic E-state index is 0.0134. The Morgan fingerprint density at radius 3 is 2.58 bits per heavy atom. The fourth-order valence-electron chi connectivity index (χ4n) is 5.40. The first-order valence-electron chi connectivity index (χ1n) is 11.3. The number of nitrogens with zero attached hydrogens (tertiary/aromatic N) is 3. The van der Waals surface area contributed by atoms with E-state index >= 15 is 0 Å². The molecule has 0 radical (unpaired) electrons. The highest BCUT2D eigenvalue weighted by atomic mass is 19.1. The number of carbonyl (C=O) groups is 2. The first-order valence-corrected chi connectivity index (χ1v) is 11.3. The molecule has 7 heteroatoms. The van der Waals surface area contributed by atoms with Crippen LogP contribution in [0.3, 0.4) is 0 Å². The van der Waals surface area contributed by atoms with E-state index < -0.39 is 0 Å². The van der Waals surface area contributed by atoms with E-state index in [0.717, 1.165) is 50.0 Å². The molecule has 3 heterocycles. The number of hydrogen-bond acceptors (Lipinski definition) is 4. The van der Waals surface area contributed by atoms with Gasteiger partial charge in [-0.1, -0.05) is 6.08 Å². The van der Waals surface area contributed by atoms with Gasteiger partial charge in [-0.15, -0.1) is 6.58 Å². The summed E-state index contributed by atoms with van der Waals surface area (Å²) in [6.45, 7) is 9.53. The zero-order chi connectivity index (χ0) is 22.0. The maximum absolute atomic E-state index is 14.0. The van der Waals surface area contributed by atoms with Crippen LogP contribution in [0.5, 0.6) is 0 Å². The summed E-state index contributed by atoms with van der Waals surface area (Å²) in [5, 5.41) is 0. The van der Waals surface area contributed by atoms with Crippen LogP contribution < -0.4 is 4.90 Å². The van der Waals surface area contributed by atoms with Crippen molar-refractivity contribution in [3.05, 3.63) is 42.2 Å². The first-order chi connectivity index (χ1) is 14.9. The number of fused-ring (bicyclic) bond motifs is 2. The Bertz CT molecular complexity index is 842. The molecule has 168 valence electrons. The molecular formula is C24H32FN3O3. The van der Waals surface area contributed by atoms with Gasteiger partial charge >= 0.3 is 6.09 Å². The Hall–Kier alpha value is -2.41. The molecule has 0 aliphatic carbocycles. The molecule has 3 aliphatic heterocycles. The standard InChI is InChI=1S/C24H32FN3O3/c1-3-4-15-31-23(30)27-11-7-20(8-12-27)26-13-9-24(10-14-26)17-28(18(2)29)22-6-5-19(25)16-21(22)24/h3,5-6,16,20H,1,4,7-15,17H2,2H3. The molecule has 31 heavy (non-hydrogen) atoms. The zero-order valence-electron chi connectivity index (χ0n) is 18.3. The number of likely N-dealkylation sites (tertiary alicyclic amines) is 2. The van der Waals surface area contributed by atoms with E-state index in [2.05, 4.69) is 11.5 Å². The second-order valence-electron chi connectivity index (χ2n) is 8.99. The average Bonchev–Trinajstić information content (AvgIpc) is 3.08. The van der Waals surface area contributed by atoms with E-state index in [1.54, 1.807) is 34.9 Å². The minimum atomic E-state index is -0.238. The lowest BCUT2D eigenvalue weighted by molar-refractivity contribution is -0.116. The average molecular weight is 430 g/mol.